The van der Waals surface area contributed by atoms with Crippen molar-refractivity contribution in [2.75, 3.05) is 31.5 Å². The molecule has 2 aromatic rings. The largest absolute Gasteiger partial charge is 0.459 e. The van der Waals surface area contributed by atoms with Crippen LogP contribution in [0.4, 0.5) is 5.69 Å². The maximum Gasteiger partial charge on any atom is 0.289 e. The third-order valence-corrected chi connectivity index (χ3v) is 5.10. The fraction of sp³-hybridized carbons (Fsp3) is 0.316. The van der Waals surface area contributed by atoms with Gasteiger partial charge in [-0.3, -0.25) is 9.59 Å². The Morgan fingerprint density at radius 3 is 2.67 bits per heavy atom. The van der Waals surface area contributed by atoms with Crippen LogP contribution in [0.25, 0.3) is 0 Å². The highest BCUT2D eigenvalue weighted by atomic mass is 35.5. The van der Waals surface area contributed by atoms with E-state index in [2.05, 4.69) is 5.32 Å². The number of nitrogens with one attached hydrogen (secondary N) is 2. The van der Waals surface area contributed by atoms with E-state index < -0.39 is 0 Å². The molecule has 27 heavy (non-hydrogen) atoms. The molecule has 2 amide bonds. The number of hydrogen-bond acceptors (Lipinski definition) is 4. The van der Waals surface area contributed by atoms with Crippen LogP contribution < -0.4 is 10.2 Å². The van der Waals surface area contributed by atoms with Crippen LogP contribution in [0.2, 0.25) is 5.02 Å². The van der Waals surface area contributed by atoms with Crippen molar-refractivity contribution < 1.29 is 18.9 Å². The molecule has 1 saturated heterocycles. The number of carbonyl (C=O) groups excluding carboxylic acids is 2. The van der Waals surface area contributed by atoms with E-state index in [4.69, 9.17) is 21.3 Å². The number of carbonyl (C=O) groups is 2. The standard InChI is InChI=1S/C19H19ClN4O3/c1-13(18(25)22-15-5-4-14(12-21)16(20)11-15)23-6-8-24(9-7-23)19(26)17-3-2-10-27-17/h2-5,10-11,13H,6-9H2,1H3,(H,22,25)/p+1/t13-/m1/s1. The third kappa shape index (κ3) is 4.30. The van der Waals surface area contributed by atoms with Crippen LogP contribution >= 0.6 is 11.6 Å². The molecular weight excluding hydrogens is 368 g/mol. The van der Waals surface area contributed by atoms with Crippen molar-refractivity contribution in [3.63, 3.8) is 0 Å². The zero-order chi connectivity index (χ0) is 19.4. The monoisotopic (exact) mass is 387 g/mol. The summed E-state index contributed by atoms with van der Waals surface area (Å²) in [6, 6.07) is 9.86. The molecule has 1 aliphatic heterocycles. The Kier molecular flexibility index (Phi) is 5.79. The lowest BCUT2D eigenvalue weighted by Gasteiger charge is -2.34. The van der Waals surface area contributed by atoms with Gasteiger partial charge in [0.05, 0.1) is 43.0 Å². The number of quaternary nitrogens is 1. The average Bonchev–Trinajstić information content (AvgIpc) is 3.22. The number of anilines is 1. The highest BCUT2D eigenvalue weighted by Gasteiger charge is 2.31. The van der Waals surface area contributed by atoms with Gasteiger partial charge in [0.25, 0.3) is 11.8 Å². The fourth-order valence-electron chi connectivity index (χ4n) is 3.11. The SMILES string of the molecule is C[C@H](C(=O)Nc1ccc(C#N)c(Cl)c1)[NH+]1CCN(C(=O)c2ccco2)CC1. The van der Waals surface area contributed by atoms with E-state index in [-0.39, 0.29) is 17.9 Å². The molecule has 1 fully saturated rings. The Morgan fingerprint density at radius 2 is 2.07 bits per heavy atom. The molecule has 0 unspecified atom stereocenters. The van der Waals surface area contributed by atoms with E-state index in [0.29, 0.717) is 48.2 Å². The number of nitriles is 1. The lowest BCUT2D eigenvalue weighted by Crippen LogP contribution is -3.19. The zero-order valence-electron chi connectivity index (χ0n) is 14.9. The second kappa shape index (κ2) is 8.25. The molecule has 2 N–H and O–H groups in total. The number of rotatable bonds is 4. The number of amides is 2. The second-order valence-corrected chi connectivity index (χ2v) is 6.85. The first-order valence-corrected chi connectivity index (χ1v) is 9.05. The normalized spacial score (nSPS) is 15.8. The first-order chi connectivity index (χ1) is 13.0. The maximum absolute atomic E-state index is 12.5. The molecule has 0 bridgehead atoms. The van der Waals surface area contributed by atoms with Gasteiger partial charge in [-0.15, -0.1) is 0 Å². The number of nitrogens with zero attached hydrogens (tertiary/aromatic N) is 2. The van der Waals surface area contributed by atoms with Crippen LogP contribution in [0.1, 0.15) is 23.0 Å². The molecule has 140 valence electrons. The van der Waals surface area contributed by atoms with Gasteiger partial charge in [-0.05, 0) is 37.3 Å². The minimum absolute atomic E-state index is 0.122. The quantitative estimate of drug-likeness (QED) is 0.824. The molecule has 0 spiro atoms. The molecule has 2 heterocycles. The third-order valence-electron chi connectivity index (χ3n) is 4.79. The lowest BCUT2D eigenvalue weighted by atomic mass is 10.2. The Bertz CT molecular complexity index is 868. The summed E-state index contributed by atoms with van der Waals surface area (Å²) in [5, 5.41) is 12.1. The minimum Gasteiger partial charge on any atom is -0.459 e. The Morgan fingerprint density at radius 1 is 1.33 bits per heavy atom. The Balaban J connectivity index is 1.55. The van der Waals surface area contributed by atoms with E-state index in [1.54, 1.807) is 35.2 Å². The van der Waals surface area contributed by atoms with Crippen LogP contribution in [0.5, 0.6) is 0 Å². The van der Waals surface area contributed by atoms with Crippen LogP contribution in [0, 0.1) is 11.3 Å². The summed E-state index contributed by atoms with van der Waals surface area (Å²) >= 11 is 6.01. The van der Waals surface area contributed by atoms with Crippen molar-refractivity contribution >= 4 is 29.1 Å². The van der Waals surface area contributed by atoms with Gasteiger partial charge in [0.1, 0.15) is 6.07 Å². The van der Waals surface area contributed by atoms with Gasteiger partial charge < -0.3 is 19.5 Å². The topological polar surface area (TPSA) is 90.8 Å². The molecule has 1 atom stereocenters. The summed E-state index contributed by atoms with van der Waals surface area (Å²) in [6.07, 6.45) is 1.48. The highest BCUT2D eigenvalue weighted by molar-refractivity contribution is 6.32. The van der Waals surface area contributed by atoms with Crippen LogP contribution in [0.15, 0.2) is 41.0 Å². The number of furan rings is 1. The first kappa shape index (κ1) is 19.0. The number of benzene rings is 1. The summed E-state index contributed by atoms with van der Waals surface area (Å²) in [5.41, 5.74) is 0.924. The summed E-state index contributed by atoms with van der Waals surface area (Å²) in [4.78, 5) is 27.7. The van der Waals surface area contributed by atoms with Gasteiger partial charge in [-0.1, -0.05) is 11.6 Å². The number of hydrogen-bond donors (Lipinski definition) is 2. The molecular formula is C19H20ClN4O3+. The molecule has 0 saturated carbocycles. The molecule has 1 aromatic carbocycles. The zero-order valence-corrected chi connectivity index (χ0v) is 15.6. The van der Waals surface area contributed by atoms with Gasteiger partial charge in [-0.2, -0.15) is 5.26 Å². The summed E-state index contributed by atoms with van der Waals surface area (Å²) in [5.74, 6) is 0.0851. The maximum atomic E-state index is 12.5. The van der Waals surface area contributed by atoms with Crippen molar-refractivity contribution in [2.45, 2.75) is 13.0 Å². The highest BCUT2D eigenvalue weighted by Crippen LogP contribution is 2.20. The van der Waals surface area contributed by atoms with E-state index in [1.807, 2.05) is 13.0 Å². The Labute approximate surface area is 162 Å². The number of piperazine rings is 1. The van der Waals surface area contributed by atoms with Crippen molar-refractivity contribution in [1.82, 2.24) is 4.90 Å². The molecule has 0 aliphatic carbocycles. The summed E-state index contributed by atoms with van der Waals surface area (Å²) in [7, 11) is 0. The van der Waals surface area contributed by atoms with Crippen molar-refractivity contribution in [3.8, 4) is 6.07 Å². The van der Waals surface area contributed by atoms with Gasteiger partial charge in [0, 0.05) is 5.69 Å². The predicted molar refractivity (Wildman–Crippen MR) is 99.6 cm³/mol. The molecule has 7 nitrogen and oxygen atoms in total. The smallest absolute Gasteiger partial charge is 0.289 e. The molecule has 1 aromatic heterocycles. The van der Waals surface area contributed by atoms with Crippen LogP contribution in [0.3, 0.4) is 0 Å². The summed E-state index contributed by atoms with van der Waals surface area (Å²) < 4.78 is 5.16. The van der Waals surface area contributed by atoms with E-state index >= 15 is 0 Å². The molecule has 1 aliphatic rings. The number of halogens is 1. The van der Waals surface area contributed by atoms with Gasteiger partial charge in [-0.25, -0.2) is 0 Å². The minimum atomic E-state index is -0.278. The molecule has 8 heteroatoms. The summed E-state index contributed by atoms with van der Waals surface area (Å²) in [6.45, 7) is 4.34. The van der Waals surface area contributed by atoms with Gasteiger partial charge in [0.15, 0.2) is 11.8 Å². The average molecular weight is 388 g/mol. The van der Waals surface area contributed by atoms with Crippen molar-refractivity contribution in [2.24, 2.45) is 0 Å². The molecule has 3 rings (SSSR count). The second-order valence-electron chi connectivity index (χ2n) is 6.45. The predicted octanol–water partition coefficient (Wildman–Crippen LogP) is 1.17. The van der Waals surface area contributed by atoms with E-state index in [1.165, 1.54) is 6.26 Å². The Hall–Kier alpha value is -2.82. The first-order valence-electron chi connectivity index (χ1n) is 8.67. The van der Waals surface area contributed by atoms with Crippen LogP contribution in [-0.4, -0.2) is 48.9 Å². The fourth-order valence-corrected chi connectivity index (χ4v) is 3.33. The van der Waals surface area contributed by atoms with Crippen LogP contribution in [-0.2, 0) is 4.79 Å². The van der Waals surface area contributed by atoms with E-state index in [9.17, 15) is 9.59 Å². The van der Waals surface area contributed by atoms with Crippen molar-refractivity contribution in [3.05, 3.63) is 52.9 Å². The molecule has 0 radical (unpaired) electrons. The van der Waals surface area contributed by atoms with Crippen molar-refractivity contribution in [1.29, 1.82) is 5.26 Å². The van der Waals surface area contributed by atoms with E-state index in [0.717, 1.165) is 4.90 Å². The van der Waals surface area contributed by atoms with Gasteiger partial charge in [0.2, 0.25) is 0 Å². The lowest BCUT2D eigenvalue weighted by molar-refractivity contribution is -0.917. The van der Waals surface area contributed by atoms with Gasteiger partial charge >= 0.3 is 0 Å².